The van der Waals surface area contributed by atoms with Crippen LogP contribution in [0.25, 0.3) is 0 Å². The van der Waals surface area contributed by atoms with Crippen LogP contribution >= 0.6 is 0 Å². The van der Waals surface area contributed by atoms with Crippen molar-refractivity contribution >= 4 is 11.8 Å². The Kier molecular flexibility index (Phi) is 6.29. The Morgan fingerprint density at radius 2 is 1.79 bits per heavy atom. The molecule has 4 aliphatic carbocycles. The minimum absolute atomic E-state index is 0.0142. The van der Waals surface area contributed by atoms with Gasteiger partial charge in [0.1, 0.15) is 11.5 Å². The van der Waals surface area contributed by atoms with Crippen molar-refractivity contribution in [2.45, 2.75) is 90.1 Å². The summed E-state index contributed by atoms with van der Waals surface area (Å²) in [4.78, 5) is 23.2. The monoisotopic (exact) mass is 468 g/mol. The molecular weight excluding hydrogens is 428 g/mol. The van der Waals surface area contributed by atoms with Crippen LogP contribution < -0.4 is 4.74 Å². The predicted octanol–water partition coefficient (Wildman–Crippen LogP) is 5.60. The normalized spacial score (nSPS) is 41.3. The Hall–Kier alpha value is -1.88. The summed E-state index contributed by atoms with van der Waals surface area (Å²) in [7, 11) is 0. The molecule has 1 aromatic carbocycles. The molecule has 4 saturated carbocycles. The number of carboxylic acid groups (broad SMARTS) is 1. The number of aliphatic hydroxyl groups excluding tert-OH is 1. The number of carbonyl (C=O) groups excluding carboxylic acids is 1. The number of ketones is 1. The van der Waals surface area contributed by atoms with E-state index in [1.807, 2.05) is 12.1 Å². The van der Waals surface area contributed by atoms with E-state index in [9.17, 15) is 14.7 Å². The zero-order valence-electron chi connectivity index (χ0n) is 20.7. The summed E-state index contributed by atoms with van der Waals surface area (Å²) in [6.07, 6.45) is 8.27. The van der Waals surface area contributed by atoms with E-state index in [0.717, 1.165) is 57.1 Å². The largest absolute Gasteiger partial charge is 0.494 e. The average Bonchev–Trinajstić information content (AvgIpc) is 3.12. The number of carbonyl (C=O) groups is 2. The third-order valence-electron chi connectivity index (χ3n) is 10.6. The number of ether oxygens (including phenoxy) is 1. The number of benzene rings is 1. The third-order valence-corrected chi connectivity index (χ3v) is 10.6. The molecule has 4 aliphatic rings. The van der Waals surface area contributed by atoms with Crippen molar-refractivity contribution in [2.24, 2.45) is 34.5 Å². The summed E-state index contributed by atoms with van der Waals surface area (Å²) in [5.41, 5.74) is 1.58. The Bertz CT molecular complexity index is 925. The fraction of sp³-hybridized carbons (Fsp3) is 0.724. The summed E-state index contributed by atoms with van der Waals surface area (Å²) in [5, 5.41) is 19.7. The van der Waals surface area contributed by atoms with Gasteiger partial charge in [0.25, 0.3) is 0 Å². The second-order valence-corrected chi connectivity index (χ2v) is 12.1. The molecule has 0 spiro atoms. The number of aliphatic hydroxyl groups is 1. The Labute approximate surface area is 203 Å². The molecule has 0 bridgehead atoms. The highest BCUT2D eigenvalue weighted by Crippen LogP contribution is 2.68. The number of fused-ring (bicyclic) bond motifs is 5. The van der Waals surface area contributed by atoms with E-state index in [0.29, 0.717) is 48.4 Å². The van der Waals surface area contributed by atoms with Crippen LogP contribution in [0.15, 0.2) is 24.3 Å². The van der Waals surface area contributed by atoms with Crippen molar-refractivity contribution in [3.63, 3.8) is 0 Å². The predicted molar refractivity (Wildman–Crippen MR) is 130 cm³/mol. The van der Waals surface area contributed by atoms with Crippen molar-refractivity contribution in [1.29, 1.82) is 0 Å². The maximum atomic E-state index is 12.5. The van der Waals surface area contributed by atoms with Crippen LogP contribution in [0.2, 0.25) is 0 Å². The molecule has 8 atom stereocenters. The number of hydrogen-bond donors (Lipinski definition) is 2. The molecular formula is C29H40O5. The molecule has 0 saturated heterocycles. The molecule has 5 heteroatoms. The lowest BCUT2D eigenvalue weighted by atomic mass is 9.42. The topological polar surface area (TPSA) is 83.8 Å². The van der Waals surface area contributed by atoms with Crippen LogP contribution in [0.1, 0.15) is 89.5 Å². The van der Waals surface area contributed by atoms with Crippen LogP contribution in [0.4, 0.5) is 0 Å². The van der Waals surface area contributed by atoms with E-state index >= 15 is 0 Å². The molecule has 2 N–H and O–H groups in total. The summed E-state index contributed by atoms with van der Waals surface area (Å²) < 4.78 is 5.78. The lowest BCUT2D eigenvalue weighted by Gasteiger charge is -2.62. The molecule has 0 radical (unpaired) electrons. The van der Waals surface area contributed by atoms with E-state index < -0.39 is 5.97 Å². The fourth-order valence-electron chi connectivity index (χ4n) is 8.61. The summed E-state index contributed by atoms with van der Waals surface area (Å²) in [5.74, 6) is 2.97. The molecule has 186 valence electrons. The Balaban J connectivity index is 1.42. The van der Waals surface area contributed by atoms with E-state index in [1.54, 1.807) is 0 Å². The second kappa shape index (κ2) is 8.96. The highest BCUT2D eigenvalue weighted by Gasteiger charge is 2.62. The Morgan fingerprint density at radius 3 is 2.53 bits per heavy atom. The van der Waals surface area contributed by atoms with Gasteiger partial charge in [-0.2, -0.15) is 0 Å². The van der Waals surface area contributed by atoms with Gasteiger partial charge in [0.05, 0.1) is 12.7 Å². The lowest BCUT2D eigenvalue weighted by molar-refractivity contribution is -0.146. The van der Waals surface area contributed by atoms with Gasteiger partial charge in [0, 0.05) is 19.3 Å². The van der Waals surface area contributed by atoms with Crippen molar-refractivity contribution < 1.29 is 24.5 Å². The first-order valence-electron chi connectivity index (χ1n) is 13.4. The minimum Gasteiger partial charge on any atom is -0.494 e. The first kappa shape index (κ1) is 23.8. The summed E-state index contributed by atoms with van der Waals surface area (Å²) in [6, 6.07) is 8.44. The number of aliphatic carboxylic acids is 1. The molecule has 0 aliphatic heterocycles. The molecule has 4 fully saturated rings. The first-order valence-corrected chi connectivity index (χ1v) is 13.4. The zero-order chi connectivity index (χ0) is 24.1. The first-order chi connectivity index (χ1) is 16.2. The van der Waals surface area contributed by atoms with Gasteiger partial charge in [-0.3, -0.25) is 9.59 Å². The van der Waals surface area contributed by atoms with Crippen LogP contribution in [0, 0.1) is 34.5 Å². The van der Waals surface area contributed by atoms with Crippen molar-refractivity contribution in [1.82, 2.24) is 0 Å². The zero-order valence-corrected chi connectivity index (χ0v) is 20.7. The van der Waals surface area contributed by atoms with Gasteiger partial charge in [-0.1, -0.05) is 26.0 Å². The van der Waals surface area contributed by atoms with Gasteiger partial charge < -0.3 is 14.9 Å². The van der Waals surface area contributed by atoms with E-state index in [4.69, 9.17) is 9.84 Å². The second-order valence-electron chi connectivity index (χ2n) is 12.1. The quantitative estimate of drug-likeness (QED) is 0.531. The number of Topliss-reactive ketones (excluding diaryl/α,β-unsaturated/α-hetero) is 1. The summed E-state index contributed by atoms with van der Waals surface area (Å²) in [6.45, 7) is 5.20. The van der Waals surface area contributed by atoms with Crippen molar-refractivity contribution in [3.8, 4) is 5.75 Å². The molecule has 1 aromatic rings. The SMILES string of the molecule is C[C@]12CCC(=O)CC1CC(c1ccc(OCCCC(=O)O)cc1)[C@@H]1[C@H]2CC[C@]2(C)C(O)CC[C@@H]12. The van der Waals surface area contributed by atoms with Crippen molar-refractivity contribution in [3.05, 3.63) is 29.8 Å². The van der Waals surface area contributed by atoms with E-state index in [-0.39, 0.29) is 23.4 Å². The summed E-state index contributed by atoms with van der Waals surface area (Å²) >= 11 is 0. The molecule has 5 nitrogen and oxygen atoms in total. The molecule has 3 unspecified atom stereocenters. The molecule has 0 aromatic heterocycles. The number of hydrogen-bond acceptors (Lipinski definition) is 4. The fourth-order valence-corrected chi connectivity index (χ4v) is 8.61. The van der Waals surface area contributed by atoms with Gasteiger partial charge in [0.15, 0.2) is 0 Å². The minimum atomic E-state index is -0.796. The molecule has 34 heavy (non-hydrogen) atoms. The van der Waals surface area contributed by atoms with Crippen LogP contribution in [0.5, 0.6) is 5.75 Å². The maximum Gasteiger partial charge on any atom is 0.303 e. The van der Waals surface area contributed by atoms with Gasteiger partial charge in [0.2, 0.25) is 0 Å². The van der Waals surface area contributed by atoms with Gasteiger partial charge in [-0.05, 0) is 103 Å². The smallest absolute Gasteiger partial charge is 0.303 e. The Morgan fingerprint density at radius 1 is 1.06 bits per heavy atom. The highest BCUT2D eigenvalue weighted by atomic mass is 16.5. The molecule has 5 rings (SSSR count). The lowest BCUT2D eigenvalue weighted by Crippen LogP contribution is -2.56. The molecule has 0 heterocycles. The van der Waals surface area contributed by atoms with Gasteiger partial charge >= 0.3 is 5.97 Å². The van der Waals surface area contributed by atoms with Gasteiger partial charge in [-0.25, -0.2) is 0 Å². The third kappa shape index (κ3) is 3.98. The van der Waals surface area contributed by atoms with Gasteiger partial charge in [-0.15, -0.1) is 0 Å². The average molecular weight is 469 g/mol. The molecule has 0 amide bonds. The van der Waals surface area contributed by atoms with Crippen LogP contribution in [-0.2, 0) is 9.59 Å². The van der Waals surface area contributed by atoms with Crippen molar-refractivity contribution in [2.75, 3.05) is 6.61 Å². The number of carboxylic acids is 1. The van der Waals surface area contributed by atoms with E-state index in [1.165, 1.54) is 5.56 Å². The highest BCUT2D eigenvalue weighted by molar-refractivity contribution is 5.79. The standard InChI is InChI=1S/C29H40O5/c1-28-13-11-20(30)16-19(28)17-22(18-5-7-21(8-6-18)34-15-3-4-26(32)33)27-23-9-10-25(31)29(23,2)14-12-24(27)28/h5-8,19,22-25,27,31H,3-4,9-17H2,1-2H3,(H,32,33)/t19?,22?,23-,24+,25?,27-,28-,29-/m0/s1. The van der Waals surface area contributed by atoms with Crippen LogP contribution in [-0.4, -0.2) is 34.7 Å². The van der Waals surface area contributed by atoms with E-state index in [2.05, 4.69) is 26.0 Å². The maximum absolute atomic E-state index is 12.5. The number of rotatable bonds is 6. The van der Waals surface area contributed by atoms with Crippen LogP contribution in [0.3, 0.4) is 0 Å².